The van der Waals surface area contributed by atoms with Gasteiger partial charge in [0.1, 0.15) is 5.82 Å². The molecule has 0 unspecified atom stereocenters. The van der Waals surface area contributed by atoms with Crippen molar-refractivity contribution in [3.8, 4) is 0 Å². The van der Waals surface area contributed by atoms with E-state index in [1.807, 2.05) is 24.3 Å². The maximum absolute atomic E-state index is 12.2. The number of hydrogen-bond acceptors (Lipinski definition) is 5. The van der Waals surface area contributed by atoms with E-state index in [0.29, 0.717) is 17.4 Å². The Morgan fingerprint density at radius 3 is 2.88 bits per heavy atom. The number of rotatable bonds is 5. The van der Waals surface area contributed by atoms with E-state index in [9.17, 15) is 9.90 Å². The van der Waals surface area contributed by atoms with Gasteiger partial charge in [-0.2, -0.15) is 5.10 Å². The van der Waals surface area contributed by atoms with Crippen LogP contribution in [0.1, 0.15) is 11.5 Å². The number of halogens is 1. The fraction of sp³-hybridized carbons (Fsp3) is 0.438. The van der Waals surface area contributed by atoms with Gasteiger partial charge in [0.05, 0.1) is 17.8 Å². The van der Waals surface area contributed by atoms with Gasteiger partial charge in [-0.25, -0.2) is 4.98 Å². The number of hydrogen-bond donors (Lipinski definition) is 2. The van der Waals surface area contributed by atoms with Crippen molar-refractivity contribution in [2.24, 2.45) is 13.0 Å². The van der Waals surface area contributed by atoms with Gasteiger partial charge in [0.2, 0.25) is 5.91 Å². The first-order valence-electron chi connectivity index (χ1n) is 7.78. The highest BCUT2D eigenvalue weighted by molar-refractivity contribution is 6.30. The topological polar surface area (TPSA) is 83.3 Å². The summed E-state index contributed by atoms with van der Waals surface area (Å²) in [7, 11) is 1.87. The molecule has 8 heteroatoms. The highest BCUT2D eigenvalue weighted by Gasteiger charge is 2.34. The van der Waals surface area contributed by atoms with Crippen molar-refractivity contribution in [1.82, 2.24) is 19.7 Å². The molecule has 0 aromatic carbocycles. The average Bonchev–Trinajstić information content (AvgIpc) is 3.15. The van der Waals surface area contributed by atoms with E-state index in [0.717, 1.165) is 12.1 Å². The molecule has 2 N–H and O–H groups in total. The molecule has 7 nitrogen and oxygen atoms in total. The van der Waals surface area contributed by atoms with Crippen LogP contribution in [0.4, 0.5) is 5.82 Å². The van der Waals surface area contributed by atoms with Gasteiger partial charge >= 0.3 is 0 Å². The monoisotopic (exact) mass is 349 g/mol. The third kappa shape index (κ3) is 3.92. The highest BCUT2D eigenvalue weighted by Crippen LogP contribution is 2.31. The minimum atomic E-state index is -0.131. The van der Waals surface area contributed by atoms with Crippen molar-refractivity contribution >= 4 is 23.3 Å². The molecule has 2 atom stereocenters. The van der Waals surface area contributed by atoms with E-state index in [2.05, 4.69) is 15.4 Å². The first kappa shape index (κ1) is 16.9. The average molecular weight is 350 g/mol. The molecule has 128 valence electrons. The molecule has 0 saturated carbocycles. The lowest BCUT2D eigenvalue weighted by Crippen LogP contribution is -2.32. The predicted octanol–water partition coefficient (Wildman–Crippen LogP) is 1.11. The lowest BCUT2D eigenvalue weighted by atomic mass is 9.92. The molecule has 1 amide bonds. The second-order valence-corrected chi connectivity index (χ2v) is 6.54. The number of aryl methyl sites for hydroxylation is 1. The number of nitrogens with one attached hydrogen (secondary N) is 1. The molecule has 2 aromatic rings. The normalized spacial score (nSPS) is 21.1. The molecule has 1 fully saturated rings. The summed E-state index contributed by atoms with van der Waals surface area (Å²) in [5.41, 5.74) is 1.10. The maximum Gasteiger partial charge on any atom is 0.239 e. The van der Waals surface area contributed by atoms with Gasteiger partial charge < -0.3 is 10.4 Å². The molecule has 0 spiro atoms. The molecule has 24 heavy (non-hydrogen) atoms. The summed E-state index contributed by atoms with van der Waals surface area (Å²) >= 11 is 5.78. The smallest absolute Gasteiger partial charge is 0.239 e. The second kappa shape index (κ2) is 7.29. The van der Waals surface area contributed by atoms with Crippen LogP contribution >= 0.6 is 11.6 Å². The summed E-state index contributed by atoms with van der Waals surface area (Å²) in [5.74, 6) is 0.639. The minimum Gasteiger partial charge on any atom is -0.396 e. The van der Waals surface area contributed by atoms with Gasteiger partial charge in [-0.3, -0.25) is 14.4 Å². The molecule has 1 aliphatic heterocycles. The lowest BCUT2D eigenvalue weighted by molar-refractivity contribution is -0.117. The Hall–Kier alpha value is -1.96. The van der Waals surface area contributed by atoms with Gasteiger partial charge in [-0.15, -0.1) is 0 Å². The van der Waals surface area contributed by atoms with Crippen LogP contribution in [0, 0.1) is 5.92 Å². The standard InChI is InChI=1S/C16H20ClN5O2/c1-21-6-11(4-19-21)14-8-22(7-12(14)10-23)9-16(24)20-15-3-2-13(17)5-18-15/h2-6,12,14,23H,7-10H2,1H3,(H,18,20,24)/t12-,14-/m0/s1. The maximum atomic E-state index is 12.2. The number of amides is 1. The van der Waals surface area contributed by atoms with E-state index >= 15 is 0 Å². The van der Waals surface area contributed by atoms with E-state index in [1.165, 1.54) is 6.20 Å². The van der Waals surface area contributed by atoms with Gasteiger partial charge in [0.15, 0.2) is 0 Å². The molecule has 3 rings (SSSR count). The Morgan fingerprint density at radius 2 is 2.25 bits per heavy atom. The van der Waals surface area contributed by atoms with E-state index in [1.54, 1.807) is 16.8 Å². The summed E-state index contributed by atoms with van der Waals surface area (Å²) in [6, 6.07) is 3.35. The van der Waals surface area contributed by atoms with Crippen molar-refractivity contribution < 1.29 is 9.90 Å². The summed E-state index contributed by atoms with van der Waals surface area (Å²) < 4.78 is 1.76. The first-order valence-corrected chi connectivity index (χ1v) is 8.16. The van der Waals surface area contributed by atoms with Crippen LogP contribution in [-0.2, 0) is 11.8 Å². The number of likely N-dealkylation sites (tertiary alicyclic amines) is 1. The molecule has 3 heterocycles. The van der Waals surface area contributed by atoms with Crippen LogP contribution in [0.2, 0.25) is 5.02 Å². The van der Waals surface area contributed by atoms with Gasteiger partial charge in [0, 0.05) is 51.0 Å². The Bertz CT molecular complexity index is 703. The first-order chi connectivity index (χ1) is 11.5. The molecule has 0 radical (unpaired) electrons. The highest BCUT2D eigenvalue weighted by atomic mass is 35.5. The van der Waals surface area contributed by atoms with Crippen molar-refractivity contribution in [2.75, 3.05) is 31.6 Å². The number of carbonyl (C=O) groups excluding carboxylic acids is 1. The van der Waals surface area contributed by atoms with E-state index < -0.39 is 0 Å². The summed E-state index contributed by atoms with van der Waals surface area (Å²) in [5, 5.41) is 17.1. The summed E-state index contributed by atoms with van der Waals surface area (Å²) in [4.78, 5) is 18.3. The third-order valence-corrected chi connectivity index (χ3v) is 4.49. The predicted molar refractivity (Wildman–Crippen MR) is 90.8 cm³/mol. The largest absolute Gasteiger partial charge is 0.396 e. The van der Waals surface area contributed by atoms with Gasteiger partial charge in [-0.1, -0.05) is 11.6 Å². The summed E-state index contributed by atoms with van der Waals surface area (Å²) in [6.45, 7) is 1.75. The summed E-state index contributed by atoms with van der Waals surface area (Å²) in [6.07, 6.45) is 5.29. The third-order valence-electron chi connectivity index (χ3n) is 4.27. The van der Waals surface area contributed by atoms with Crippen molar-refractivity contribution in [3.63, 3.8) is 0 Å². The van der Waals surface area contributed by atoms with Gasteiger partial charge in [-0.05, 0) is 17.7 Å². The van der Waals surface area contributed by atoms with Crippen LogP contribution < -0.4 is 5.32 Å². The van der Waals surface area contributed by atoms with Gasteiger partial charge in [0.25, 0.3) is 0 Å². The SMILES string of the molecule is Cn1cc([C@@H]2CN(CC(=O)Nc3ccc(Cl)cn3)C[C@H]2CO)cn1. The number of aliphatic hydroxyl groups excluding tert-OH is 1. The zero-order chi connectivity index (χ0) is 17.1. The Kier molecular flexibility index (Phi) is 5.13. The zero-order valence-electron chi connectivity index (χ0n) is 13.4. The van der Waals surface area contributed by atoms with E-state index in [-0.39, 0.29) is 30.9 Å². The molecule has 1 aliphatic rings. The van der Waals surface area contributed by atoms with Crippen molar-refractivity contribution in [2.45, 2.75) is 5.92 Å². The minimum absolute atomic E-state index is 0.0937. The van der Waals surface area contributed by atoms with Crippen LogP contribution in [0.5, 0.6) is 0 Å². The molecule has 1 saturated heterocycles. The number of nitrogens with zero attached hydrogens (tertiary/aromatic N) is 4. The van der Waals surface area contributed by atoms with Crippen LogP contribution in [0.3, 0.4) is 0 Å². The Labute approximate surface area is 145 Å². The second-order valence-electron chi connectivity index (χ2n) is 6.10. The Balaban J connectivity index is 1.59. The fourth-order valence-corrected chi connectivity index (χ4v) is 3.23. The zero-order valence-corrected chi connectivity index (χ0v) is 14.1. The number of anilines is 1. The number of aliphatic hydroxyl groups is 1. The lowest BCUT2D eigenvalue weighted by Gasteiger charge is -2.15. The molecule has 2 aromatic heterocycles. The fourth-order valence-electron chi connectivity index (χ4n) is 3.12. The Morgan fingerprint density at radius 1 is 1.42 bits per heavy atom. The molecule has 0 bridgehead atoms. The van der Waals surface area contributed by atoms with E-state index in [4.69, 9.17) is 11.6 Å². The quantitative estimate of drug-likeness (QED) is 0.845. The number of aromatic nitrogens is 3. The van der Waals surface area contributed by atoms with Crippen molar-refractivity contribution in [3.05, 3.63) is 41.3 Å². The van der Waals surface area contributed by atoms with Crippen LogP contribution in [0.15, 0.2) is 30.7 Å². The van der Waals surface area contributed by atoms with Crippen LogP contribution in [-0.4, -0.2) is 56.9 Å². The number of carbonyl (C=O) groups is 1. The molecule has 0 aliphatic carbocycles. The number of pyridine rings is 1. The molecular weight excluding hydrogens is 330 g/mol. The molecular formula is C16H20ClN5O2. The van der Waals surface area contributed by atoms with Crippen molar-refractivity contribution in [1.29, 1.82) is 0 Å². The van der Waals surface area contributed by atoms with Crippen LogP contribution in [0.25, 0.3) is 0 Å².